The zero-order valence-electron chi connectivity index (χ0n) is 15.0. The first-order valence-corrected chi connectivity index (χ1v) is 9.68. The molecule has 4 aromatic rings. The fourth-order valence-corrected chi connectivity index (χ4v) is 3.18. The highest BCUT2D eigenvalue weighted by atomic mass is 79.9. The second kappa shape index (κ2) is 8.19. The van der Waals surface area contributed by atoms with E-state index in [1.54, 1.807) is 6.08 Å². The van der Waals surface area contributed by atoms with Crippen molar-refractivity contribution in [2.75, 3.05) is 0 Å². The number of hydrogen-bond acceptors (Lipinski definition) is 2. The van der Waals surface area contributed by atoms with Crippen molar-refractivity contribution in [1.29, 1.82) is 0 Å². The van der Waals surface area contributed by atoms with Gasteiger partial charge >= 0.3 is 0 Å². The fourth-order valence-electron chi connectivity index (χ4n) is 2.92. The average molecular weight is 429 g/mol. The molecule has 0 N–H and O–H groups in total. The number of para-hydroxylation sites is 1. The third-order valence-corrected chi connectivity index (χ3v) is 4.88. The summed E-state index contributed by atoms with van der Waals surface area (Å²) in [7, 11) is 0. The van der Waals surface area contributed by atoms with Gasteiger partial charge in [-0.3, -0.25) is 4.79 Å². The number of carbonyl (C=O) groups is 1. The first-order valence-electron chi connectivity index (χ1n) is 8.89. The second-order valence-electron chi connectivity index (χ2n) is 6.28. The van der Waals surface area contributed by atoms with Gasteiger partial charge in [-0.2, -0.15) is 5.10 Å². The van der Waals surface area contributed by atoms with E-state index in [2.05, 4.69) is 15.9 Å². The van der Waals surface area contributed by atoms with Gasteiger partial charge < -0.3 is 0 Å². The maximum absolute atomic E-state index is 12.5. The predicted octanol–water partition coefficient (Wildman–Crippen LogP) is 6.20. The minimum Gasteiger partial charge on any atom is -0.289 e. The van der Waals surface area contributed by atoms with E-state index in [9.17, 15) is 4.79 Å². The number of aromatic nitrogens is 2. The Morgan fingerprint density at radius 3 is 2.18 bits per heavy atom. The van der Waals surface area contributed by atoms with Gasteiger partial charge in [0.2, 0.25) is 0 Å². The van der Waals surface area contributed by atoms with Crippen molar-refractivity contribution in [1.82, 2.24) is 9.78 Å². The van der Waals surface area contributed by atoms with Crippen LogP contribution in [0.15, 0.2) is 102 Å². The summed E-state index contributed by atoms with van der Waals surface area (Å²) < 4.78 is 2.85. The summed E-state index contributed by atoms with van der Waals surface area (Å²) in [5, 5.41) is 4.77. The molecule has 0 spiro atoms. The minimum atomic E-state index is -0.0326. The zero-order valence-corrected chi connectivity index (χ0v) is 16.6. The molecule has 28 heavy (non-hydrogen) atoms. The van der Waals surface area contributed by atoms with Crippen molar-refractivity contribution in [3.63, 3.8) is 0 Å². The Bertz CT molecular complexity index is 1110. The lowest BCUT2D eigenvalue weighted by atomic mass is 10.1. The second-order valence-corrected chi connectivity index (χ2v) is 7.20. The Balaban J connectivity index is 1.74. The van der Waals surface area contributed by atoms with Gasteiger partial charge in [0, 0.05) is 27.4 Å². The Kier molecular flexibility index (Phi) is 5.31. The van der Waals surface area contributed by atoms with Gasteiger partial charge in [-0.1, -0.05) is 76.6 Å². The van der Waals surface area contributed by atoms with Crippen molar-refractivity contribution in [2.24, 2.45) is 0 Å². The van der Waals surface area contributed by atoms with Crippen LogP contribution < -0.4 is 0 Å². The molecule has 0 amide bonds. The highest BCUT2D eigenvalue weighted by Gasteiger charge is 2.11. The first kappa shape index (κ1) is 18.1. The molecule has 0 aliphatic heterocycles. The van der Waals surface area contributed by atoms with Crippen molar-refractivity contribution in [2.45, 2.75) is 0 Å². The molecule has 136 valence electrons. The number of carbonyl (C=O) groups excluding carboxylic acids is 1. The van der Waals surface area contributed by atoms with Crippen molar-refractivity contribution >= 4 is 27.8 Å². The summed E-state index contributed by atoms with van der Waals surface area (Å²) in [6.45, 7) is 0. The lowest BCUT2D eigenvalue weighted by Crippen LogP contribution is -1.93. The standard InChI is InChI=1S/C24H17BrN2O/c25-21-14-11-19(12-15-21)24-20(13-16-23(28)18-7-3-1-4-8-18)17-27(26-24)22-9-5-2-6-10-22/h1-17H/b16-13+. The molecule has 1 heterocycles. The minimum absolute atomic E-state index is 0.0326. The molecule has 3 nitrogen and oxygen atoms in total. The van der Waals surface area contributed by atoms with E-state index in [0.717, 1.165) is 27.0 Å². The largest absolute Gasteiger partial charge is 0.289 e. The number of benzene rings is 3. The van der Waals surface area contributed by atoms with Gasteiger partial charge in [-0.15, -0.1) is 0 Å². The highest BCUT2D eigenvalue weighted by Crippen LogP contribution is 2.26. The molecule has 4 rings (SSSR count). The quantitative estimate of drug-likeness (QED) is 0.280. The lowest BCUT2D eigenvalue weighted by molar-refractivity contribution is 0.104. The third-order valence-electron chi connectivity index (χ3n) is 4.35. The fraction of sp³-hybridized carbons (Fsp3) is 0. The lowest BCUT2D eigenvalue weighted by Gasteiger charge is -2.01. The van der Waals surface area contributed by atoms with E-state index in [1.165, 1.54) is 0 Å². The Labute approximate surface area is 172 Å². The van der Waals surface area contributed by atoms with E-state index >= 15 is 0 Å². The van der Waals surface area contributed by atoms with Gasteiger partial charge in [0.05, 0.1) is 11.4 Å². The van der Waals surface area contributed by atoms with Gasteiger partial charge in [0.15, 0.2) is 5.78 Å². The number of allylic oxidation sites excluding steroid dienone is 1. The molecule has 1 aromatic heterocycles. The van der Waals surface area contributed by atoms with E-state index in [0.29, 0.717) is 5.56 Å². The van der Waals surface area contributed by atoms with Crippen LogP contribution in [0.25, 0.3) is 23.0 Å². The summed E-state index contributed by atoms with van der Waals surface area (Å²) in [6, 6.07) is 27.2. The maximum Gasteiger partial charge on any atom is 0.185 e. The normalized spacial score (nSPS) is 11.0. The molecule has 0 saturated heterocycles. The third kappa shape index (κ3) is 4.02. The van der Waals surface area contributed by atoms with Crippen LogP contribution in [0.5, 0.6) is 0 Å². The van der Waals surface area contributed by atoms with E-state index < -0.39 is 0 Å². The predicted molar refractivity (Wildman–Crippen MR) is 117 cm³/mol. The number of halogens is 1. The first-order chi connectivity index (χ1) is 13.7. The van der Waals surface area contributed by atoms with Crippen LogP contribution in [0, 0.1) is 0 Å². The Morgan fingerprint density at radius 2 is 1.50 bits per heavy atom. The highest BCUT2D eigenvalue weighted by molar-refractivity contribution is 9.10. The zero-order chi connectivity index (χ0) is 19.3. The topological polar surface area (TPSA) is 34.9 Å². The van der Waals surface area contributed by atoms with Crippen molar-refractivity contribution in [3.8, 4) is 16.9 Å². The van der Waals surface area contributed by atoms with Crippen LogP contribution in [-0.4, -0.2) is 15.6 Å². The molecule has 0 atom stereocenters. The van der Waals surface area contributed by atoms with Gasteiger partial charge in [0.25, 0.3) is 0 Å². The molecule has 0 aliphatic rings. The number of rotatable bonds is 5. The summed E-state index contributed by atoms with van der Waals surface area (Å²) in [6.07, 6.45) is 5.38. The molecule has 0 unspecified atom stereocenters. The molecular formula is C24H17BrN2O. The Morgan fingerprint density at radius 1 is 0.857 bits per heavy atom. The number of hydrogen-bond donors (Lipinski definition) is 0. The molecular weight excluding hydrogens is 412 g/mol. The molecule has 0 saturated carbocycles. The van der Waals surface area contributed by atoms with Gasteiger partial charge in [-0.05, 0) is 36.4 Å². The van der Waals surface area contributed by atoms with E-state index in [1.807, 2.05) is 102 Å². The summed E-state index contributed by atoms with van der Waals surface area (Å²) in [4.78, 5) is 12.5. The number of ketones is 1. The molecule has 3 aromatic carbocycles. The summed E-state index contributed by atoms with van der Waals surface area (Å²) in [5.41, 5.74) is 4.34. The van der Waals surface area contributed by atoms with Crippen LogP contribution >= 0.6 is 15.9 Å². The average Bonchev–Trinajstić information content (AvgIpc) is 3.18. The van der Waals surface area contributed by atoms with Crippen LogP contribution in [0.3, 0.4) is 0 Å². The summed E-state index contributed by atoms with van der Waals surface area (Å²) in [5.74, 6) is -0.0326. The smallest absolute Gasteiger partial charge is 0.185 e. The van der Waals surface area contributed by atoms with Crippen LogP contribution in [-0.2, 0) is 0 Å². The van der Waals surface area contributed by atoms with Crippen molar-refractivity contribution in [3.05, 3.63) is 113 Å². The number of nitrogens with zero attached hydrogens (tertiary/aromatic N) is 2. The molecule has 4 heteroatoms. The molecule has 0 radical (unpaired) electrons. The van der Waals surface area contributed by atoms with E-state index in [-0.39, 0.29) is 5.78 Å². The summed E-state index contributed by atoms with van der Waals surface area (Å²) >= 11 is 3.47. The molecule has 0 fully saturated rings. The maximum atomic E-state index is 12.5. The van der Waals surface area contributed by atoms with Gasteiger partial charge in [-0.25, -0.2) is 4.68 Å². The monoisotopic (exact) mass is 428 g/mol. The van der Waals surface area contributed by atoms with Crippen LogP contribution in [0.1, 0.15) is 15.9 Å². The molecule has 0 aliphatic carbocycles. The van der Waals surface area contributed by atoms with Crippen LogP contribution in [0.2, 0.25) is 0 Å². The molecule has 0 bridgehead atoms. The van der Waals surface area contributed by atoms with Crippen molar-refractivity contribution < 1.29 is 4.79 Å². The van der Waals surface area contributed by atoms with E-state index in [4.69, 9.17) is 5.10 Å². The van der Waals surface area contributed by atoms with Gasteiger partial charge in [0.1, 0.15) is 0 Å². The SMILES string of the molecule is O=C(/C=C/c1cn(-c2ccccc2)nc1-c1ccc(Br)cc1)c1ccccc1. The Hall–Kier alpha value is -3.24. The van der Waals surface area contributed by atoms with Crippen LogP contribution in [0.4, 0.5) is 0 Å².